The topological polar surface area (TPSA) is 24.9 Å². The van der Waals surface area contributed by atoms with E-state index in [0.717, 1.165) is 5.69 Å². The lowest BCUT2D eigenvalue weighted by atomic mass is 10.0. The summed E-state index contributed by atoms with van der Waals surface area (Å²) < 4.78 is 27.2. The summed E-state index contributed by atoms with van der Waals surface area (Å²) in [6.07, 6.45) is 3.29. The standard InChI is InChI=1S/C14H14F2N2/c1-9-6-14(16)12(7-13(9)15)10(2)18-11-4-3-5-17-8-11/h3-8,10,18H,1-2H3. The Morgan fingerprint density at radius 1 is 1.22 bits per heavy atom. The van der Waals surface area contributed by atoms with Gasteiger partial charge in [0.25, 0.3) is 0 Å². The van der Waals surface area contributed by atoms with Gasteiger partial charge in [-0.25, -0.2) is 8.78 Å². The smallest absolute Gasteiger partial charge is 0.128 e. The molecule has 0 spiro atoms. The number of aromatic nitrogens is 1. The van der Waals surface area contributed by atoms with Crippen LogP contribution < -0.4 is 5.32 Å². The maximum absolute atomic E-state index is 13.8. The van der Waals surface area contributed by atoms with Crippen molar-refractivity contribution in [1.29, 1.82) is 0 Å². The van der Waals surface area contributed by atoms with Gasteiger partial charge in [0.1, 0.15) is 11.6 Å². The third kappa shape index (κ3) is 2.64. The molecule has 0 amide bonds. The maximum atomic E-state index is 13.8. The highest BCUT2D eigenvalue weighted by molar-refractivity contribution is 5.43. The Bertz CT molecular complexity index is 541. The van der Waals surface area contributed by atoms with E-state index in [2.05, 4.69) is 10.3 Å². The number of aryl methyl sites for hydroxylation is 1. The lowest BCUT2D eigenvalue weighted by molar-refractivity contribution is 0.571. The third-order valence-electron chi connectivity index (χ3n) is 2.79. The molecule has 4 heteroatoms. The highest BCUT2D eigenvalue weighted by Crippen LogP contribution is 2.23. The second-order valence-electron chi connectivity index (χ2n) is 4.23. The third-order valence-corrected chi connectivity index (χ3v) is 2.79. The molecule has 0 saturated heterocycles. The molecule has 0 aliphatic carbocycles. The van der Waals surface area contributed by atoms with Gasteiger partial charge >= 0.3 is 0 Å². The fourth-order valence-electron chi connectivity index (χ4n) is 1.77. The molecule has 1 aromatic heterocycles. The highest BCUT2D eigenvalue weighted by atomic mass is 19.1. The van der Waals surface area contributed by atoms with Crippen molar-refractivity contribution >= 4 is 5.69 Å². The second-order valence-corrected chi connectivity index (χ2v) is 4.23. The molecular formula is C14H14F2N2. The quantitative estimate of drug-likeness (QED) is 0.892. The van der Waals surface area contributed by atoms with Gasteiger partial charge < -0.3 is 5.32 Å². The molecule has 2 rings (SSSR count). The molecule has 18 heavy (non-hydrogen) atoms. The predicted molar refractivity (Wildman–Crippen MR) is 67.4 cm³/mol. The Morgan fingerprint density at radius 3 is 2.67 bits per heavy atom. The molecule has 0 fully saturated rings. The van der Waals surface area contributed by atoms with E-state index in [4.69, 9.17) is 0 Å². The van der Waals surface area contributed by atoms with Crippen LogP contribution in [0.15, 0.2) is 36.7 Å². The van der Waals surface area contributed by atoms with Crippen LogP contribution in [0.1, 0.15) is 24.1 Å². The molecule has 0 bridgehead atoms. The van der Waals surface area contributed by atoms with Gasteiger partial charge in [-0.2, -0.15) is 0 Å². The molecule has 0 saturated carbocycles. The van der Waals surface area contributed by atoms with Crippen molar-refractivity contribution < 1.29 is 8.78 Å². The zero-order valence-corrected chi connectivity index (χ0v) is 10.2. The average molecular weight is 248 g/mol. The summed E-state index contributed by atoms with van der Waals surface area (Å²) in [5, 5.41) is 3.08. The normalized spacial score (nSPS) is 12.2. The first-order valence-corrected chi connectivity index (χ1v) is 5.70. The van der Waals surface area contributed by atoms with Crippen LogP contribution in [0, 0.1) is 18.6 Å². The molecule has 1 heterocycles. The van der Waals surface area contributed by atoms with Crippen LogP contribution >= 0.6 is 0 Å². The van der Waals surface area contributed by atoms with E-state index >= 15 is 0 Å². The summed E-state index contributed by atoms with van der Waals surface area (Å²) in [4.78, 5) is 3.96. The number of rotatable bonds is 3. The first-order chi connectivity index (χ1) is 8.58. The average Bonchev–Trinajstić information content (AvgIpc) is 2.35. The van der Waals surface area contributed by atoms with E-state index in [1.807, 2.05) is 6.07 Å². The molecule has 1 aromatic carbocycles. The molecule has 1 N–H and O–H groups in total. The van der Waals surface area contributed by atoms with E-state index in [1.54, 1.807) is 32.3 Å². The van der Waals surface area contributed by atoms with Crippen molar-refractivity contribution in [3.63, 3.8) is 0 Å². The molecule has 2 nitrogen and oxygen atoms in total. The molecule has 1 unspecified atom stereocenters. The lowest BCUT2D eigenvalue weighted by Gasteiger charge is -2.16. The van der Waals surface area contributed by atoms with Crippen LogP contribution in [0.5, 0.6) is 0 Å². The summed E-state index contributed by atoms with van der Waals surface area (Å²) >= 11 is 0. The summed E-state index contributed by atoms with van der Waals surface area (Å²) in [6.45, 7) is 3.32. The number of halogens is 2. The maximum Gasteiger partial charge on any atom is 0.128 e. The molecule has 0 aliphatic heterocycles. The number of nitrogens with zero attached hydrogens (tertiary/aromatic N) is 1. The van der Waals surface area contributed by atoms with Gasteiger partial charge in [0, 0.05) is 18.0 Å². The Hall–Kier alpha value is -1.97. The van der Waals surface area contributed by atoms with E-state index in [1.165, 1.54) is 12.1 Å². The minimum atomic E-state index is -0.405. The Balaban J connectivity index is 2.24. The van der Waals surface area contributed by atoms with E-state index in [0.29, 0.717) is 11.1 Å². The zero-order chi connectivity index (χ0) is 13.1. The van der Waals surface area contributed by atoms with Crippen LogP contribution in [-0.4, -0.2) is 4.98 Å². The molecular weight excluding hydrogens is 234 g/mol. The van der Waals surface area contributed by atoms with E-state index in [-0.39, 0.29) is 6.04 Å². The van der Waals surface area contributed by atoms with Crippen molar-refractivity contribution in [2.24, 2.45) is 0 Å². The Labute approximate surface area is 105 Å². The zero-order valence-electron chi connectivity index (χ0n) is 10.2. The van der Waals surface area contributed by atoms with Gasteiger partial charge in [-0.1, -0.05) is 0 Å². The van der Waals surface area contributed by atoms with Crippen LogP contribution in [0.3, 0.4) is 0 Å². The summed E-state index contributed by atoms with van der Waals surface area (Å²) in [5.41, 5.74) is 1.39. The van der Waals surface area contributed by atoms with Gasteiger partial charge in [-0.05, 0) is 43.7 Å². The van der Waals surface area contributed by atoms with Crippen LogP contribution in [-0.2, 0) is 0 Å². The van der Waals surface area contributed by atoms with Gasteiger partial charge in [0.15, 0.2) is 0 Å². The van der Waals surface area contributed by atoms with Crippen molar-refractivity contribution in [3.8, 4) is 0 Å². The molecule has 0 aliphatic rings. The Morgan fingerprint density at radius 2 is 2.00 bits per heavy atom. The second kappa shape index (κ2) is 5.12. The lowest BCUT2D eigenvalue weighted by Crippen LogP contribution is -2.09. The fraction of sp³-hybridized carbons (Fsp3) is 0.214. The number of benzene rings is 1. The minimum absolute atomic E-state index is 0.307. The molecule has 0 radical (unpaired) electrons. The van der Waals surface area contributed by atoms with E-state index in [9.17, 15) is 8.78 Å². The summed E-state index contributed by atoms with van der Waals surface area (Å²) in [5.74, 6) is -0.802. The number of anilines is 1. The van der Waals surface area contributed by atoms with Crippen molar-refractivity contribution in [2.45, 2.75) is 19.9 Å². The van der Waals surface area contributed by atoms with Gasteiger partial charge in [0.05, 0.1) is 11.7 Å². The largest absolute Gasteiger partial charge is 0.377 e. The summed E-state index contributed by atoms with van der Waals surface area (Å²) in [6, 6.07) is 5.72. The number of hydrogen-bond donors (Lipinski definition) is 1. The van der Waals surface area contributed by atoms with Crippen LogP contribution in [0.4, 0.5) is 14.5 Å². The monoisotopic (exact) mass is 248 g/mol. The fourth-order valence-corrected chi connectivity index (χ4v) is 1.77. The minimum Gasteiger partial charge on any atom is -0.377 e. The Kier molecular flexibility index (Phi) is 3.55. The number of hydrogen-bond acceptors (Lipinski definition) is 2. The van der Waals surface area contributed by atoms with Crippen LogP contribution in [0.25, 0.3) is 0 Å². The van der Waals surface area contributed by atoms with Gasteiger partial charge in [-0.15, -0.1) is 0 Å². The molecule has 2 aromatic rings. The highest BCUT2D eigenvalue weighted by Gasteiger charge is 2.13. The van der Waals surface area contributed by atoms with Crippen LogP contribution in [0.2, 0.25) is 0 Å². The predicted octanol–water partition coefficient (Wildman–Crippen LogP) is 3.84. The SMILES string of the molecule is Cc1cc(F)c(C(C)Nc2cccnc2)cc1F. The van der Waals surface area contributed by atoms with Gasteiger partial charge in [0.2, 0.25) is 0 Å². The van der Waals surface area contributed by atoms with E-state index < -0.39 is 11.6 Å². The van der Waals surface area contributed by atoms with Crippen molar-refractivity contribution in [1.82, 2.24) is 4.98 Å². The first-order valence-electron chi connectivity index (χ1n) is 5.70. The molecule has 1 atom stereocenters. The molecule has 94 valence electrons. The number of nitrogens with one attached hydrogen (secondary N) is 1. The summed E-state index contributed by atoms with van der Waals surface area (Å²) in [7, 11) is 0. The number of pyridine rings is 1. The van der Waals surface area contributed by atoms with Gasteiger partial charge in [-0.3, -0.25) is 4.98 Å². The van der Waals surface area contributed by atoms with Crippen molar-refractivity contribution in [2.75, 3.05) is 5.32 Å². The van der Waals surface area contributed by atoms with Crippen molar-refractivity contribution in [3.05, 3.63) is 59.4 Å². The first kappa shape index (κ1) is 12.5.